The van der Waals surface area contributed by atoms with Gasteiger partial charge in [0.25, 0.3) is 0 Å². The van der Waals surface area contributed by atoms with Crippen LogP contribution >= 0.6 is 11.8 Å². The van der Waals surface area contributed by atoms with E-state index in [2.05, 4.69) is 21.9 Å². The van der Waals surface area contributed by atoms with E-state index in [4.69, 9.17) is 0 Å². The molecule has 0 atom stereocenters. The zero-order valence-electron chi connectivity index (χ0n) is 15.7. The first-order valence-electron chi connectivity index (χ1n) is 8.41. The monoisotopic (exact) mass is 386 g/mol. The zero-order chi connectivity index (χ0) is 18.9. The molecule has 6 nitrogen and oxygen atoms in total. The van der Waals surface area contributed by atoms with Gasteiger partial charge in [-0.15, -0.1) is 0 Å². The van der Waals surface area contributed by atoms with Crippen molar-refractivity contribution in [3.05, 3.63) is 29.8 Å². The summed E-state index contributed by atoms with van der Waals surface area (Å²) in [6, 6.07) is 6.84. The van der Waals surface area contributed by atoms with Crippen LogP contribution in [0.3, 0.4) is 0 Å². The maximum Gasteiger partial charge on any atom is 0.243 e. The summed E-state index contributed by atoms with van der Waals surface area (Å²) >= 11 is 1.78. The summed E-state index contributed by atoms with van der Waals surface area (Å²) in [6.07, 6.45) is 2.07. The van der Waals surface area contributed by atoms with E-state index in [-0.39, 0.29) is 6.04 Å². The molecule has 1 rings (SSSR count). The summed E-state index contributed by atoms with van der Waals surface area (Å²) in [6.45, 7) is 7.88. The highest BCUT2D eigenvalue weighted by Gasteiger charge is 2.22. The predicted octanol–water partition coefficient (Wildman–Crippen LogP) is 2.13. The van der Waals surface area contributed by atoms with Gasteiger partial charge in [0, 0.05) is 31.9 Å². The number of sulfonamides is 1. The van der Waals surface area contributed by atoms with E-state index in [1.165, 1.54) is 4.31 Å². The summed E-state index contributed by atoms with van der Waals surface area (Å²) in [5.41, 5.74) is 0.966. The second-order valence-corrected chi connectivity index (χ2v) is 8.86. The molecule has 8 heteroatoms. The van der Waals surface area contributed by atoms with E-state index >= 15 is 0 Å². The number of nitrogens with one attached hydrogen (secondary N) is 2. The van der Waals surface area contributed by atoms with E-state index in [1.54, 1.807) is 30.9 Å². The van der Waals surface area contributed by atoms with Crippen LogP contribution < -0.4 is 10.6 Å². The fourth-order valence-electron chi connectivity index (χ4n) is 1.99. The molecule has 0 radical (unpaired) electrons. The van der Waals surface area contributed by atoms with Crippen molar-refractivity contribution < 1.29 is 8.42 Å². The number of guanidine groups is 1. The molecule has 0 amide bonds. The van der Waals surface area contributed by atoms with Crippen LogP contribution in [0.4, 0.5) is 0 Å². The average molecular weight is 387 g/mol. The van der Waals surface area contributed by atoms with Crippen molar-refractivity contribution in [2.45, 2.75) is 38.3 Å². The molecule has 2 N–H and O–H groups in total. The normalized spacial score (nSPS) is 12.7. The lowest BCUT2D eigenvalue weighted by atomic mass is 10.2. The average Bonchev–Trinajstić information content (AvgIpc) is 2.59. The summed E-state index contributed by atoms with van der Waals surface area (Å²) in [7, 11) is -1.84. The SMILES string of the molecule is CCNC(=NCc1ccc(S(=O)(=O)N(C)C(C)C)cc1)NCCSC. The summed E-state index contributed by atoms with van der Waals surface area (Å²) < 4.78 is 26.3. The number of hydrogen-bond donors (Lipinski definition) is 2. The van der Waals surface area contributed by atoms with Crippen molar-refractivity contribution in [3.63, 3.8) is 0 Å². The first-order valence-corrected chi connectivity index (χ1v) is 11.2. The zero-order valence-corrected chi connectivity index (χ0v) is 17.4. The quantitative estimate of drug-likeness (QED) is 0.386. The van der Waals surface area contributed by atoms with E-state index in [1.807, 2.05) is 32.9 Å². The first-order chi connectivity index (χ1) is 11.8. The van der Waals surface area contributed by atoms with E-state index in [0.29, 0.717) is 11.4 Å². The molecule has 0 saturated carbocycles. The second kappa shape index (κ2) is 10.7. The Balaban J connectivity index is 2.80. The number of nitrogens with zero attached hydrogens (tertiary/aromatic N) is 2. The standard InChI is InChI=1S/C17H30N4O2S2/c1-6-18-17(19-11-12-24-5)20-13-15-7-9-16(10-8-15)25(22,23)21(4)14(2)3/h7-10,14H,6,11-13H2,1-5H3,(H2,18,19,20). The van der Waals surface area contributed by atoms with Gasteiger partial charge in [-0.2, -0.15) is 16.1 Å². The molecule has 0 bridgehead atoms. The molecular weight excluding hydrogens is 356 g/mol. The molecule has 0 aliphatic heterocycles. The Kier molecular flexibility index (Phi) is 9.31. The lowest BCUT2D eigenvalue weighted by Crippen LogP contribution is -2.38. The van der Waals surface area contributed by atoms with E-state index in [0.717, 1.165) is 30.4 Å². The van der Waals surface area contributed by atoms with Gasteiger partial charge in [-0.1, -0.05) is 12.1 Å². The van der Waals surface area contributed by atoms with Gasteiger partial charge in [0.15, 0.2) is 5.96 Å². The summed E-state index contributed by atoms with van der Waals surface area (Å²) in [5.74, 6) is 1.79. The van der Waals surface area contributed by atoms with Gasteiger partial charge < -0.3 is 10.6 Å². The molecule has 0 aliphatic rings. The van der Waals surface area contributed by atoms with Gasteiger partial charge >= 0.3 is 0 Å². The van der Waals surface area contributed by atoms with Crippen LogP contribution in [0.2, 0.25) is 0 Å². The number of hydrogen-bond acceptors (Lipinski definition) is 4. The third-order valence-electron chi connectivity index (χ3n) is 3.69. The molecule has 0 aliphatic carbocycles. The predicted molar refractivity (Wildman–Crippen MR) is 108 cm³/mol. The highest BCUT2D eigenvalue weighted by atomic mass is 32.2. The Morgan fingerprint density at radius 3 is 2.40 bits per heavy atom. The van der Waals surface area contributed by atoms with Crippen LogP contribution in [-0.4, -0.2) is 56.9 Å². The maximum absolute atomic E-state index is 12.5. The molecule has 0 heterocycles. The molecule has 142 valence electrons. The smallest absolute Gasteiger partial charge is 0.243 e. The van der Waals surface area contributed by atoms with Crippen LogP contribution in [0.1, 0.15) is 26.3 Å². The van der Waals surface area contributed by atoms with Crippen molar-refractivity contribution >= 4 is 27.7 Å². The Morgan fingerprint density at radius 2 is 1.88 bits per heavy atom. The molecule has 0 fully saturated rings. The van der Waals surface area contributed by atoms with Crippen LogP contribution in [0.25, 0.3) is 0 Å². The number of aliphatic imine (C=N–C) groups is 1. The van der Waals surface area contributed by atoms with Gasteiger partial charge in [-0.05, 0) is 44.7 Å². The molecule has 25 heavy (non-hydrogen) atoms. The Labute approximate surface area is 156 Å². The summed E-state index contributed by atoms with van der Waals surface area (Å²) in [5, 5.41) is 6.47. The van der Waals surface area contributed by atoms with Crippen LogP contribution in [0.15, 0.2) is 34.2 Å². The van der Waals surface area contributed by atoms with Crippen LogP contribution in [0, 0.1) is 0 Å². The van der Waals surface area contributed by atoms with Gasteiger partial charge in [0.2, 0.25) is 10.0 Å². The molecule has 0 saturated heterocycles. The molecule has 0 aromatic heterocycles. The minimum Gasteiger partial charge on any atom is -0.357 e. The summed E-state index contributed by atoms with van der Waals surface area (Å²) in [4.78, 5) is 4.84. The lowest BCUT2D eigenvalue weighted by Gasteiger charge is -2.21. The van der Waals surface area contributed by atoms with Gasteiger partial charge in [0.05, 0.1) is 11.4 Å². The number of rotatable bonds is 9. The van der Waals surface area contributed by atoms with Crippen LogP contribution in [-0.2, 0) is 16.6 Å². The Bertz CT molecular complexity index is 643. The molecule has 1 aromatic rings. The van der Waals surface area contributed by atoms with Gasteiger partial charge in [-0.25, -0.2) is 13.4 Å². The van der Waals surface area contributed by atoms with Crippen molar-refractivity contribution in [2.75, 3.05) is 32.1 Å². The maximum atomic E-state index is 12.5. The van der Waals surface area contributed by atoms with Crippen molar-refractivity contribution in [2.24, 2.45) is 4.99 Å². The molecule has 0 unspecified atom stereocenters. The number of benzene rings is 1. The third-order valence-corrected chi connectivity index (χ3v) is 6.35. The van der Waals surface area contributed by atoms with E-state index < -0.39 is 10.0 Å². The van der Waals surface area contributed by atoms with Gasteiger partial charge in [0.1, 0.15) is 0 Å². The third kappa shape index (κ3) is 6.87. The molecule has 0 spiro atoms. The highest BCUT2D eigenvalue weighted by molar-refractivity contribution is 7.98. The topological polar surface area (TPSA) is 73.8 Å². The largest absolute Gasteiger partial charge is 0.357 e. The fourth-order valence-corrected chi connectivity index (χ4v) is 3.67. The molecular formula is C17H30N4O2S2. The van der Waals surface area contributed by atoms with Gasteiger partial charge in [-0.3, -0.25) is 0 Å². The number of thioether (sulfide) groups is 1. The Morgan fingerprint density at radius 1 is 1.24 bits per heavy atom. The molecule has 1 aromatic carbocycles. The second-order valence-electron chi connectivity index (χ2n) is 5.87. The first kappa shape index (κ1) is 21.8. The Hall–Kier alpha value is -1.25. The van der Waals surface area contributed by atoms with Crippen molar-refractivity contribution in [1.82, 2.24) is 14.9 Å². The van der Waals surface area contributed by atoms with Crippen molar-refractivity contribution in [1.29, 1.82) is 0 Å². The lowest BCUT2D eigenvalue weighted by molar-refractivity contribution is 0.410. The highest BCUT2D eigenvalue weighted by Crippen LogP contribution is 2.17. The van der Waals surface area contributed by atoms with E-state index in [9.17, 15) is 8.42 Å². The minimum absolute atomic E-state index is 0.0793. The van der Waals surface area contributed by atoms with Crippen molar-refractivity contribution in [3.8, 4) is 0 Å². The van der Waals surface area contributed by atoms with Crippen LogP contribution in [0.5, 0.6) is 0 Å². The fraction of sp³-hybridized carbons (Fsp3) is 0.588. The minimum atomic E-state index is -3.44.